The number of rotatable bonds is 9. The summed E-state index contributed by atoms with van der Waals surface area (Å²) in [4.78, 5) is 43.2. The van der Waals surface area contributed by atoms with Crippen LogP contribution >= 0.6 is 11.6 Å². The number of piperidine rings is 2. The fraction of sp³-hybridized carbons (Fsp3) is 0.324. The minimum Gasteiger partial charge on any atom is -0.497 e. The zero-order valence-electron chi connectivity index (χ0n) is 26.0. The number of benzene rings is 3. The molecule has 1 aromatic heterocycles. The van der Waals surface area contributed by atoms with Gasteiger partial charge in [0.1, 0.15) is 11.3 Å². The lowest BCUT2D eigenvalue weighted by atomic mass is 9.97. The number of nitrogens with one attached hydrogen (secondary N) is 1. The standard InChI is InChI=1S/C37H38ClN3O5/c1-45-30-13-14-34-31(22-30)33(42)23-35(46-34)37(44)39-29(20-25-9-11-28(38)12-10-25)21-26-15-18-40(19-16-26)32-7-3-2-6-27(32)24-41-17-5-4-8-36(41)43/h2-3,6-7,9-14,21-23,29H,4-5,8,15-20,24H2,1H3,(H,39,44)/t29-/m1/s1. The van der Waals surface area contributed by atoms with Gasteiger partial charge in [0.15, 0.2) is 11.2 Å². The van der Waals surface area contributed by atoms with E-state index in [1.54, 1.807) is 18.2 Å². The Balaban J connectivity index is 1.18. The van der Waals surface area contributed by atoms with Crippen molar-refractivity contribution in [3.05, 3.63) is 117 Å². The van der Waals surface area contributed by atoms with Gasteiger partial charge in [0.25, 0.3) is 5.91 Å². The Hall–Kier alpha value is -4.56. The van der Waals surface area contributed by atoms with Gasteiger partial charge in [-0.2, -0.15) is 0 Å². The minimum absolute atomic E-state index is 0.0409. The molecule has 0 aliphatic carbocycles. The van der Waals surface area contributed by atoms with E-state index < -0.39 is 5.91 Å². The normalized spacial score (nSPS) is 16.0. The van der Waals surface area contributed by atoms with Crippen LogP contribution in [0, 0.1) is 0 Å². The highest BCUT2D eigenvalue weighted by Gasteiger charge is 2.23. The summed E-state index contributed by atoms with van der Waals surface area (Å²) < 4.78 is 11.1. The van der Waals surface area contributed by atoms with E-state index in [-0.39, 0.29) is 23.1 Å². The quantitative estimate of drug-likeness (QED) is 0.209. The Kier molecular flexibility index (Phi) is 9.73. The summed E-state index contributed by atoms with van der Waals surface area (Å²) in [6.07, 6.45) is 7.06. The predicted octanol–water partition coefficient (Wildman–Crippen LogP) is 6.54. The zero-order valence-corrected chi connectivity index (χ0v) is 26.7. The molecular formula is C37H38ClN3O5. The molecule has 1 atom stereocenters. The van der Waals surface area contributed by atoms with E-state index in [2.05, 4.69) is 34.5 Å². The molecule has 2 amide bonds. The Labute approximate surface area is 273 Å². The number of nitrogens with zero attached hydrogens (tertiary/aromatic N) is 2. The maximum atomic E-state index is 13.5. The van der Waals surface area contributed by atoms with Gasteiger partial charge in [0.2, 0.25) is 5.91 Å². The van der Waals surface area contributed by atoms with Crippen molar-refractivity contribution >= 4 is 40.1 Å². The summed E-state index contributed by atoms with van der Waals surface area (Å²) in [6.45, 7) is 3.13. The van der Waals surface area contributed by atoms with Crippen molar-refractivity contribution < 1.29 is 18.7 Å². The van der Waals surface area contributed by atoms with Gasteiger partial charge in [-0.05, 0) is 79.6 Å². The molecule has 0 spiro atoms. The van der Waals surface area contributed by atoms with Crippen molar-refractivity contribution in [1.29, 1.82) is 0 Å². The summed E-state index contributed by atoms with van der Waals surface area (Å²) in [7, 11) is 1.53. The molecule has 1 N–H and O–H groups in total. The molecule has 2 aliphatic rings. The van der Waals surface area contributed by atoms with E-state index in [1.807, 2.05) is 35.2 Å². The first-order valence-electron chi connectivity index (χ1n) is 15.8. The fourth-order valence-electron chi connectivity index (χ4n) is 6.31. The van der Waals surface area contributed by atoms with Crippen LogP contribution in [0.15, 0.2) is 93.7 Å². The van der Waals surface area contributed by atoms with Gasteiger partial charge in [-0.1, -0.05) is 53.6 Å². The van der Waals surface area contributed by atoms with Gasteiger partial charge in [-0.25, -0.2) is 0 Å². The number of para-hydroxylation sites is 1. The smallest absolute Gasteiger partial charge is 0.287 e. The fourth-order valence-corrected chi connectivity index (χ4v) is 6.44. The van der Waals surface area contributed by atoms with E-state index in [9.17, 15) is 14.4 Å². The highest BCUT2D eigenvalue weighted by atomic mass is 35.5. The van der Waals surface area contributed by atoms with Crippen molar-refractivity contribution in [3.63, 3.8) is 0 Å². The molecule has 2 aliphatic heterocycles. The number of fused-ring (bicyclic) bond motifs is 1. The topological polar surface area (TPSA) is 92.1 Å². The van der Waals surface area contributed by atoms with E-state index in [1.165, 1.54) is 30.0 Å². The Morgan fingerprint density at radius 3 is 2.52 bits per heavy atom. The lowest BCUT2D eigenvalue weighted by Gasteiger charge is -2.34. The number of anilines is 1. The SMILES string of the molecule is COc1ccc2oc(C(=O)N[C@@H](C=C3CCN(c4ccccc4CN4CCCCC4=O)CC3)Cc3ccc(Cl)cc3)cc(=O)c2c1. The number of hydrogen-bond acceptors (Lipinski definition) is 6. The van der Waals surface area contributed by atoms with Gasteiger partial charge < -0.3 is 24.3 Å². The second-order valence-electron chi connectivity index (χ2n) is 12.0. The van der Waals surface area contributed by atoms with Crippen LogP contribution in [0.3, 0.4) is 0 Å². The van der Waals surface area contributed by atoms with E-state index in [4.69, 9.17) is 20.8 Å². The molecule has 4 aromatic rings. The second kappa shape index (κ2) is 14.3. The summed E-state index contributed by atoms with van der Waals surface area (Å²) in [5.41, 5.74) is 4.64. The van der Waals surface area contributed by atoms with Gasteiger partial charge in [-0.3, -0.25) is 14.4 Å². The van der Waals surface area contributed by atoms with Gasteiger partial charge in [-0.15, -0.1) is 0 Å². The molecule has 2 fully saturated rings. The summed E-state index contributed by atoms with van der Waals surface area (Å²) in [5.74, 6) is 0.283. The molecule has 0 unspecified atom stereocenters. The number of hydrogen-bond donors (Lipinski definition) is 1. The third-order valence-corrected chi connectivity index (χ3v) is 9.05. The lowest BCUT2D eigenvalue weighted by molar-refractivity contribution is -0.133. The molecule has 2 saturated heterocycles. The first-order chi connectivity index (χ1) is 22.4. The van der Waals surface area contributed by atoms with Crippen LogP contribution in [-0.2, 0) is 17.8 Å². The average molecular weight is 640 g/mol. The van der Waals surface area contributed by atoms with E-state index in [0.29, 0.717) is 41.1 Å². The molecule has 0 bridgehead atoms. The molecule has 8 nitrogen and oxygen atoms in total. The van der Waals surface area contributed by atoms with Crippen LogP contribution in [-0.4, -0.2) is 49.5 Å². The van der Waals surface area contributed by atoms with Crippen molar-refractivity contribution in [2.45, 2.75) is 51.1 Å². The molecule has 9 heteroatoms. The number of amides is 2. The average Bonchev–Trinajstić information content (AvgIpc) is 3.07. The molecule has 46 heavy (non-hydrogen) atoms. The summed E-state index contributed by atoms with van der Waals surface area (Å²) in [5, 5.41) is 4.10. The number of halogens is 1. The van der Waals surface area contributed by atoms with Crippen LogP contribution in [0.5, 0.6) is 5.75 Å². The van der Waals surface area contributed by atoms with Crippen LogP contribution in [0.4, 0.5) is 5.69 Å². The third-order valence-electron chi connectivity index (χ3n) is 8.80. The third kappa shape index (κ3) is 7.45. The molecule has 6 rings (SSSR count). The van der Waals surface area contributed by atoms with E-state index >= 15 is 0 Å². The Morgan fingerprint density at radius 2 is 1.76 bits per heavy atom. The maximum absolute atomic E-state index is 13.5. The van der Waals surface area contributed by atoms with E-state index in [0.717, 1.165) is 50.9 Å². The first-order valence-corrected chi connectivity index (χ1v) is 16.2. The van der Waals surface area contributed by atoms with Gasteiger partial charge >= 0.3 is 0 Å². The zero-order chi connectivity index (χ0) is 32.0. The maximum Gasteiger partial charge on any atom is 0.287 e. The van der Waals surface area contributed by atoms with Crippen LogP contribution in [0.2, 0.25) is 5.02 Å². The first kappa shape index (κ1) is 31.4. The van der Waals surface area contributed by atoms with Crippen molar-refractivity contribution in [1.82, 2.24) is 10.2 Å². The van der Waals surface area contributed by atoms with Crippen LogP contribution in [0.25, 0.3) is 11.0 Å². The van der Waals surface area contributed by atoms with Crippen molar-refractivity contribution in [3.8, 4) is 5.75 Å². The van der Waals surface area contributed by atoms with Crippen LogP contribution < -0.4 is 20.4 Å². The van der Waals surface area contributed by atoms with Crippen molar-refractivity contribution in [2.24, 2.45) is 0 Å². The molecular weight excluding hydrogens is 602 g/mol. The number of methoxy groups -OCH3 is 1. The highest BCUT2D eigenvalue weighted by molar-refractivity contribution is 6.30. The van der Waals surface area contributed by atoms with Gasteiger partial charge in [0, 0.05) is 49.4 Å². The van der Waals surface area contributed by atoms with Gasteiger partial charge in [0.05, 0.1) is 18.5 Å². The molecule has 3 heterocycles. The molecule has 0 radical (unpaired) electrons. The lowest BCUT2D eigenvalue weighted by Crippen LogP contribution is -2.37. The minimum atomic E-state index is -0.454. The summed E-state index contributed by atoms with van der Waals surface area (Å²) in [6, 6.07) is 21.8. The molecule has 0 saturated carbocycles. The number of carbonyl (C=O) groups is 2. The number of ether oxygens (including phenoxy) is 1. The monoisotopic (exact) mass is 639 g/mol. The van der Waals surface area contributed by atoms with Crippen LogP contribution in [0.1, 0.15) is 53.8 Å². The molecule has 3 aromatic carbocycles. The number of carbonyl (C=O) groups excluding carboxylic acids is 2. The Bertz CT molecular complexity index is 1810. The molecule has 238 valence electrons. The van der Waals surface area contributed by atoms with Crippen molar-refractivity contribution in [2.75, 3.05) is 31.6 Å². The second-order valence-corrected chi connectivity index (χ2v) is 12.4. The largest absolute Gasteiger partial charge is 0.497 e. The predicted molar refractivity (Wildman–Crippen MR) is 181 cm³/mol. The Morgan fingerprint density at radius 1 is 0.978 bits per heavy atom. The number of likely N-dealkylation sites (tertiary alicyclic amines) is 1. The highest BCUT2D eigenvalue weighted by Crippen LogP contribution is 2.29. The summed E-state index contributed by atoms with van der Waals surface area (Å²) >= 11 is 6.13.